The number of hydrogen-bond donors (Lipinski definition) is 0. The van der Waals surface area contributed by atoms with Crippen LogP contribution in [-0.4, -0.2) is 9.91 Å². The molecule has 0 aliphatic carbocycles. The molecule has 2 rings (SSSR count). The van der Waals surface area contributed by atoms with Crippen LogP contribution in [0, 0.1) is 10.1 Å². The van der Waals surface area contributed by atoms with E-state index in [4.69, 9.17) is 16.3 Å². The molecule has 2 aromatic rings. The summed E-state index contributed by atoms with van der Waals surface area (Å²) in [6, 6.07) is 8.07. The molecule has 6 heteroatoms. The lowest BCUT2D eigenvalue weighted by Crippen LogP contribution is -1.99. The lowest BCUT2D eigenvalue weighted by molar-refractivity contribution is -0.384. The van der Waals surface area contributed by atoms with E-state index in [2.05, 4.69) is 4.98 Å². The SMILES string of the molecule is O=[N+]([O-])c1ccc(OCc2ccncc2)c(CCl)c1. The van der Waals surface area contributed by atoms with Crippen LogP contribution in [0.25, 0.3) is 0 Å². The van der Waals surface area contributed by atoms with Gasteiger partial charge >= 0.3 is 0 Å². The molecule has 0 fully saturated rings. The number of nitro groups is 1. The molecule has 19 heavy (non-hydrogen) atoms. The van der Waals surface area contributed by atoms with E-state index in [1.54, 1.807) is 18.5 Å². The van der Waals surface area contributed by atoms with E-state index in [1.165, 1.54) is 12.1 Å². The summed E-state index contributed by atoms with van der Waals surface area (Å²) < 4.78 is 5.61. The summed E-state index contributed by atoms with van der Waals surface area (Å²) in [4.78, 5) is 14.1. The molecule has 0 bridgehead atoms. The summed E-state index contributed by atoms with van der Waals surface area (Å²) in [5.41, 5.74) is 1.57. The first kappa shape index (κ1) is 13.3. The normalized spacial score (nSPS) is 10.2. The van der Waals surface area contributed by atoms with Crippen LogP contribution in [0.2, 0.25) is 0 Å². The van der Waals surface area contributed by atoms with E-state index in [0.29, 0.717) is 17.9 Å². The minimum absolute atomic E-state index is 0.00640. The molecule has 98 valence electrons. The summed E-state index contributed by atoms with van der Waals surface area (Å²) >= 11 is 5.78. The van der Waals surface area contributed by atoms with Gasteiger partial charge in [-0.1, -0.05) is 0 Å². The lowest BCUT2D eigenvalue weighted by atomic mass is 10.2. The Labute approximate surface area is 115 Å². The van der Waals surface area contributed by atoms with Gasteiger partial charge in [-0.25, -0.2) is 0 Å². The molecule has 0 saturated heterocycles. The van der Waals surface area contributed by atoms with Crippen LogP contribution in [0.5, 0.6) is 5.75 Å². The van der Waals surface area contributed by atoms with Gasteiger partial charge in [0.05, 0.1) is 10.8 Å². The highest BCUT2D eigenvalue weighted by atomic mass is 35.5. The first-order chi connectivity index (χ1) is 9.20. The molecule has 0 amide bonds. The summed E-state index contributed by atoms with van der Waals surface area (Å²) in [5.74, 6) is 0.713. The first-order valence-corrected chi connectivity index (χ1v) is 6.09. The van der Waals surface area contributed by atoms with E-state index in [0.717, 1.165) is 5.56 Å². The molecule has 0 radical (unpaired) electrons. The zero-order valence-electron chi connectivity index (χ0n) is 9.95. The molecule has 0 saturated carbocycles. The number of halogens is 1. The van der Waals surface area contributed by atoms with Crippen LogP contribution >= 0.6 is 11.6 Å². The minimum Gasteiger partial charge on any atom is -0.489 e. The van der Waals surface area contributed by atoms with Gasteiger partial charge in [-0.3, -0.25) is 15.1 Å². The van der Waals surface area contributed by atoms with Crippen LogP contribution in [0.4, 0.5) is 5.69 Å². The van der Waals surface area contributed by atoms with Crippen molar-refractivity contribution in [3.8, 4) is 5.75 Å². The molecule has 0 N–H and O–H groups in total. The Bertz CT molecular complexity index is 575. The van der Waals surface area contributed by atoms with Crippen molar-refractivity contribution in [2.45, 2.75) is 12.5 Å². The number of rotatable bonds is 5. The van der Waals surface area contributed by atoms with Gasteiger partial charge in [-0.15, -0.1) is 11.6 Å². The van der Waals surface area contributed by atoms with Crippen molar-refractivity contribution in [2.24, 2.45) is 0 Å². The van der Waals surface area contributed by atoms with Crippen LogP contribution in [0.15, 0.2) is 42.7 Å². The summed E-state index contributed by atoms with van der Waals surface area (Å²) in [7, 11) is 0. The van der Waals surface area contributed by atoms with Crippen molar-refractivity contribution in [1.29, 1.82) is 0 Å². The van der Waals surface area contributed by atoms with Crippen LogP contribution < -0.4 is 4.74 Å². The van der Waals surface area contributed by atoms with Crippen LogP contribution in [-0.2, 0) is 12.5 Å². The molecule has 0 aliphatic heterocycles. The van der Waals surface area contributed by atoms with E-state index in [1.807, 2.05) is 12.1 Å². The van der Waals surface area contributed by atoms with Gasteiger partial charge in [0.15, 0.2) is 0 Å². The van der Waals surface area contributed by atoms with Gasteiger partial charge < -0.3 is 4.74 Å². The molecule has 0 spiro atoms. The molecule has 0 atom stereocenters. The Balaban J connectivity index is 2.14. The zero-order chi connectivity index (χ0) is 13.7. The minimum atomic E-state index is -0.456. The van der Waals surface area contributed by atoms with Crippen molar-refractivity contribution in [2.75, 3.05) is 0 Å². The Hall–Kier alpha value is -2.14. The predicted octanol–water partition coefficient (Wildman–Crippen LogP) is 3.31. The monoisotopic (exact) mass is 278 g/mol. The standard InChI is InChI=1S/C13H11ClN2O3/c14-8-11-7-12(16(17)18)1-2-13(11)19-9-10-3-5-15-6-4-10/h1-7H,8-9H2. The number of nitro benzene ring substituents is 1. The fraction of sp³-hybridized carbons (Fsp3) is 0.154. The number of nitrogens with zero attached hydrogens (tertiary/aromatic N) is 2. The average Bonchev–Trinajstić information content (AvgIpc) is 2.45. The fourth-order valence-corrected chi connectivity index (χ4v) is 1.77. The third-order valence-corrected chi connectivity index (χ3v) is 2.83. The molecule has 0 aliphatic rings. The predicted molar refractivity (Wildman–Crippen MR) is 71.2 cm³/mol. The smallest absolute Gasteiger partial charge is 0.270 e. The largest absolute Gasteiger partial charge is 0.489 e. The third-order valence-electron chi connectivity index (χ3n) is 2.54. The van der Waals surface area contributed by atoms with E-state index >= 15 is 0 Å². The van der Waals surface area contributed by atoms with Gasteiger partial charge in [0.1, 0.15) is 12.4 Å². The second-order valence-electron chi connectivity index (χ2n) is 3.83. The molecule has 5 nitrogen and oxygen atoms in total. The van der Waals surface area contributed by atoms with Gasteiger partial charge in [0, 0.05) is 30.1 Å². The zero-order valence-corrected chi connectivity index (χ0v) is 10.7. The number of alkyl halides is 1. The Morgan fingerprint density at radius 2 is 2.00 bits per heavy atom. The topological polar surface area (TPSA) is 65.3 Å². The summed E-state index contributed by atoms with van der Waals surface area (Å²) in [6.07, 6.45) is 3.36. The van der Waals surface area contributed by atoms with Gasteiger partial charge in [0.2, 0.25) is 0 Å². The van der Waals surface area contributed by atoms with Crippen LogP contribution in [0.3, 0.4) is 0 Å². The maximum Gasteiger partial charge on any atom is 0.270 e. The second kappa shape index (κ2) is 6.15. The number of ether oxygens (including phenoxy) is 1. The first-order valence-electron chi connectivity index (χ1n) is 5.55. The average molecular weight is 279 g/mol. The maximum absolute atomic E-state index is 10.7. The highest BCUT2D eigenvalue weighted by Gasteiger charge is 2.11. The van der Waals surface area contributed by atoms with E-state index in [9.17, 15) is 10.1 Å². The van der Waals surface area contributed by atoms with E-state index < -0.39 is 4.92 Å². The molecule has 1 aromatic heterocycles. The van der Waals surface area contributed by atoms with Crippen LogP contribution in [0.1, 0.15) is 11.1 Å². The highest BCUT2D eigenvalue weighted by Crippen LogP contribution is 2.26. The van der Waals surface area contributed by atoms with Crippen molar-refractivity contribution < 1.29 is 9.66 Å². The third kappa shape index (κ3) is 3.42. The maximum atomic E-state index is 10.7. The highest BCUT2D eigenvalue weighted by molar-refractivity contribution is 6.17. The molecular formula is C13H11ClN2O3. The molecule has 1 heterocycles. The van der Waals surface area contributed by atoms with Crippen molar-refractivity contribution in [3.63, 3.8) is 0 Å². The number of non-ortho nitro benzene ring substituents is 1. The van der Waals surface area contributed by atoms with Gasteiger partial charge in [-0.2, -0.15) is 0 Å². The Morgan fingerprint density at radius 3 is 2.63 bits per heavy atom. The van der Waals surface area contributed by atoms with Crippen molar-refractivity contribution >= 4 is 17.3 Å². The number of pyridine rings is 1. The summed E-state index contributed by atoms with van der Waals surface area (Å²) in [5, 5.41) is 10.7. The number of hydrogen-bond acceptors (Lipinski definition) is 4. The second-order valence-corrected chi connectivity index (χ2v) is 4.09. The molecular weight excluding hydrogens is 268 g/mol. The summed E-state index contributed by atoms with van der Waals surface area (Å²) in [6.45, 7) is 0.365. The molecule has 0 unspecified atom stereocenters. The van der Waals surface area contributed by atoms with Crippen molar-refractivity contribution in [1.82, 2.24) is 4.98 Å². The number of benzene rings is 1. The van der Waals surface area contributed by atoms with Gasteiger partial charge in [-0.05, 0) is 23.8 Å². The Morgan fingerprint density at radius 1 is 1.26 bits per heavy atom. The quantitative estimate of drug-likeness (QED) is 0.478. The Kier molecular flexibility index (Phi) is 4.30. The van der Waals surface area contributed by atoms with Crippen molar-refractivity contribution in [3.05, 3.63) is 64.0 Å². The lowest BCUT2D eigenvalue weighted by Gasteiger charge is -2.09. The fourth-order valence-electron chi connectivity index (χ4n) is 1.56. The van der Waals surface area contributed by atoms with Gasteiger partial charge in [0.25, 0.3) is 5.69 Å². The van der Waals surface area contributed by atoms with E-state index in [-0.39, 0.29) is 11.6 Å². The number of aromatic nitrogens is 1. The molecule has 1 aromatic carbocycles.